The molecule has 0 bridgehead atoms. The fourth-order valence-corrected chi connectivity index (χ4v) is 3.75. The summed E-state index contributed by atoms with van der Waals surface area (Å²) in [7, 11) is 0. The lowest BCUT2D eigenvalue weighted by atomic mass is 10.1. The number of amides is 1. The molecule has 0 saturated carbocycles. The monoisotopic (exact) mass is 354 g/mol. The second-order valence-electron chi connectivity index (χ2n) is 5.95. The predicted octanol–water partition coefficient (Wildman–Crippen LogP) is 2.89. The number of nitrogens with one attached hydrogen (secondary N) is 1. The second-order valence-corrected chi connectivity index (χ2v) is 6.81. The van der Waals surface area contributed by atoms with Crippen LogP contribution in [0, 0.1) is 6.92 Å². The number of aryl methyl sites for hydroxylation is 1. The smallest absolute Gasteiger partial charge is 0.273 e. The van der Waals surface area contributed by atoms with Crippen LogP contribution in [-0.2, 0) is 0 Å². The van der Waals surface area contributed by atoms with Gasteiger partial charge in [-0.2, -0.15) is 0 Å². The third kappa shape index (κ3) is 3.20. The van der Waals surface area contributed by atoms with Gasteiger partial charge >= 0.3 is 0 Å². The molecule has 3 aromatic heterocycles. The van der Waals surface area contributed by atoms with E-state index < -0.39 is 0 Å². The molecule has 7 heteroatoms. The van der Waals surface area contributed by atoms with E-state index >= 15 is 0 Å². The molecule has 128 valence electrons. The van der Waals surface area contributed by atoms with Crippen LogP contribution in [0.4, 0.5) is 0 Å². The molecule has 1 unspecified atom stereocenters. The molecule has 1 amide bonds. The lowest BCUT2D eigenvalue weighted by molar-refractivity contribution is 0.0629. The van der Waals surface area contributed by atoms with Crippen LogP contribution in [0.15, 0.2) is 46.5 Å². The summed E-state index contributed by atoms with van der Waals surface area (Å²) in [6, 6.07) is 7.64. The van der Waals surface area contributed by atoms with Crippen LogP contribution in [0.2, 0.25) is 0 Å². The highest BCUT2D eigenvalue weighted by molar-refractivity contribution is 7.13. The number of pyridine rings is 1. The van der Waals surface area contributed by atoms with Gasteiger partial charge in [0.1, 0.15) is 11.5 Å². The molecule has 1 N–H and O–H groups in total. The Morgan fingerprint density at radius 3 is 3.08 bits per heavy atom. The van der Waals surface area contributed by atoms with Crippen LogP contribution in [-0.4, -0.2) is 40.4 Å². The van der Waals surface area contributed by atoms with E-state index in [2.05, 4.69) is 15.3 Å². The zero-order valence-electron chi connectivity index (χ0n) is 13.8. The molecule has 4 heterocycles. The lowest BCUT2D eigenvalue weighted by Gasteiger charge is -2.36. The van der Waals surface area contributed by atoms with Gasteiger partial charge in [-0.3, -0.25) is 9.78 Å². The van der Waals surface area contributed by atoms with Crippen LogP contribution in [0.3, 0.4) is 0 Å². The Hall–Kier alpha value is -2.51. The maximum Gasteiger partial charge on any atom is 0.273 e. The standard InChI is InChI=1S/C18H18N4O2S/c1-12-4-5-16(24-12)17-21-14(11-25-17)18(23)22-8-7-20-10-15(22)13-3-2-6-19-9-13/h2-6,9,11,15,20H,7-8,10H2,1H3. The zero-order chi connectivity index (χ0) is 17.2. The Kier molecular flexibility index (Phi) is 4.33. The van der Waals surface area contributed by atoms with Gasteiger partial charge < -0.3 is 14.6 Å². The number of hydrogen-bond donors (Lipinski definition) is 1. The number of furan rings is 1. The number of carbonyl (C=O) groups excluding carboxylic acids is 1. The summed E-state index contributed by atoms with van der Waals surface area (Å²) in [4.78, 5) is 23.6. The van der Waals surface area contributed by atoms with Gasteiger partial charge in [-0.05, 0) is 30.7 Å². The molecule has 3 aromatic rings. The SMILES string of the molecule is Cc1ccc(-c2nc(C(=O)N3CCNCC3c3cccnc3)cs2)o1. The van der Waals surface area contributed by atoms with Crippen molar-refractivity contribution in [1.29, 1.82) is 0 Å². The molecule has 1 atom stereocenters. The lowest BCUT2D eigenvalue weighted by Crippen LogP contribution is -2.48. The van der Waals surface area contributed by atoms with Gasteiger partial charge in [0.05, 0.1) is 6.04 Å². The maximum absolute atomic E-state index is 13.0. The van der Waals surface area contributed by atoms with Crippen molar-refractivity contribution < 1.29 is 9.21 Å². The highest BCUT2D eigenvalue weighted by atomic mass is 32.1. The summed E-state index contributed by atoms with van der Waals surface area (Å²) in [6.45, 7) is 4.02. The largest absolute Gasteiger partial charge is 0.459 e. The zero-order valence-corrected chi connectivity index (χ0v) is 14.6. The number of aromatic nitrogens is 2. The van der Waals surface area contributed by atoms with Gasteiger partial charge in [0.15, 0.2) is 10.8 Å². The van der Waals surface area contributed by atoms with E-state index in [1.807, 2.05) is 42.3 Å². The second kappa shape index (κ2) is 6.78. The van der Waals surface area contributed by atoms with E-state index in [4.69, 9.17) is 4.42 Å². The first-order valence-electron chi connectivity index (χ1n) is 8.16. The third-order valence-corrected chi connectivity index (χ3v) is 5.10. The van der Waals surface area contributed by atoms with E-state index in [9.17, 15) is 4.79 Å². The normalized spacial score (nSPS) is 17.6. The summed E-state index contributed by atoms with van der Waals surface area (Å²) in [5, 5.41) is 5.88. The van der Waals surface area contributed by atoms with Crippen molar-refractivity contribution in [1.82, 2.24) is 20.2 Å². The molecule has 1 aliphatic heterocycles. The molecule has 25 heavy (non-hydrogen) atoms. The first-order chi connectivity index (χ1) is 12.2. The molecule has 0 spiro atoms. The van der Waals surface area contributed by atoms with Crippen LogP contribution < -0.4 is 5.32 Å². The molecule has 1 aliphatic rings. The van der Waals surface area contributed by atoms with E-state index in [0.717, 1.165) is 22.9 Å². The molecular weight excluding hydrogens is 336 g/mol. The van der Waals surface area contributed by atoms with Crippen LogP contribution in [0.1, 0.15) is 27.9 Å². The van der Waals surface area contributed by atoms with Crippen LogP contribution in [0.5, 0.6) is 0 Å². The van der Waals surface area contributed by atoms with E-state index in [1.54, 1.807) is 11.6 Å². The van der Waals surface area contributed by atoms with Crippen LogP contribution in [0.25, 0.3) is 10.8 Å². The van der Waals surface area contributed by atoms with E-state index in [1.165, 1.54) is 11.3 Å². The molecule has 1 saturated heterocycles. The summed E-state index contributed by atoms with van der Waals surface area (Å²) in [6.07, 6.45) is 3.56. The number of thiazole rings is 1. The van der Waals surface area contributed by atoms with Gasteiger partial charge in [0.2, 0.25) is 0 Å². The van der Waals surface area contributed by atoms with E-state index in [-0.39, 0.29) is 11.9 Å². The number of piperazine rings is 1. The number of hydrogen-bond acceptors (Lipinski definition) is 6. The number of rotatable bonds is 3. The predicted molar refractivity (Wildman–Crippen MR) is 95.4 cm³/mol. The summed E-state index contributed by atoms with van der Waals surface area (Å²) >= 11 is 1.43. The quantitative estimate of drug-likeness (QED) is 0.783. The van der Waals surface area contributed by atoms with Crippen molar-refractivity contribution in [3.63, 3.8) is 0 Å². The van der Waals surface area contributed by atoms with Crippen molar-refractivity contribution >= 4 is 17.2 Å². The first-order valence-corrected chi connectivity index (χ1v) is 9.04. The summed E-state index contributed by atoms with van der Waals surface area (Å²) < 4.78 is 5.60. The molecule has 0 radical (unpaired) electrons. The van der Waals surface area contributed by atoms with Gasteiger partial charge in [-0.15, -0.1) is 11.3 Å². The Morgan fingerprint density at radius 2 is 2.32 bits per heavy atom. The van der Waals surface area contributed by atoms with Crippen molar-refractivity contribution in [3.8, 4) is 10.8 Å². The Bertz CT molecular complexity index is 874. The topological polar surface area (TPSA) is 71.3 Å². The van der Waals surface area contributed by atoms with Crippen LogP contribution >= 0.6 is 11.3 Å². The minimum Gasteiger partial charge on any atom is -0.459 e. The molecular formula is C18H18N4O2S. The van der Waals surface area contributed by atoms with Gasteiger partial charge in [-0.25, -0.2) is 4.98 Å². The van der Waals surface area contributed by atoms with Gasteiger partial charge in [-0.1, -0.05) is 6.07 Å². The minimum absolute atomic E-state index is 0.0362. The average molecular weight is 354 g/mol. The molecule has 4 rings (SSSR count). The van der Waals surface area contributed by atoms with Crippen molar-refractivity contribution in [3.05, 3.63) is 59.1 Å². The molecule has 0 aliphatic carbocycles. The van der Waals surface area contributed by atoms with Gasteiger partial charge in [0.25, 0.3) is 5.91 Å². The van der Waals surface area contributed by atoms with Crippen molar-refractivity contribution in [2.24, 2.45) is 0 Å². The Labute approximate surface area is 149 Å². The van der Waals surface area contributed by atoms with Gasteiger partial charge in [0, 0.05) is 37.4 Å². The van der Waals surface area contributed by atoms with E-state index in [0.29, 0.717) is 24.5 Å². The highest BCUT2D eigenvalue weighted by Gasteiger charge is 2.30. The molecule has 6 nitrogen and oxygen atoms in total. The number of nitrogens with zero attached hydrogens (tertiary/aromatic N) is 3. The third-order valence-electron chi connectivity index (χ3n) is 4.25. The highest BCUT2D eigenvalue weighted by Crippen LogP contribution is 2.28. The van der Waals surface area contributed by atoms with Crippen molar-refractivity contribution in [2.45, 2.75) is 13.0 Å². The molecule has 0 aromatic carbocycles. The average Bonchev–Trinajstić information content (AvgIpc) is 3.31. The fraction of sp³-hybridized carbons (Fsp3) is 0.278. The fourth-order valence-electron chi connectivity index (χ4n) is 3.00. The summed E-state index contributed by atoms with van der Waals surface area (Å²) in [5.74, 6) is 1.48. The maximum atomic E-state index is 13.0. The van der Waals surface area contributed by atoms with Crippen molar-refractivity contribution in [2.75, 3.05) is 19.6 Å². The minimum atomic E-state index is -0.0545. The summed E-state index contributed by atoms with van der Waals surface area (Å²) in [5.41, 5.74) is 1.49. The Balaban J connectivity index is 1.60. The molecule has 1 fully saturated rings. The Morgan fingerprint density at radius 1 is 1.40 bits per heavy atom. The first kappa shape index (κ1) is 16.0. The number of carbonyl (C=O) groups is 1.